The number of nitrogens with zero attached hydrogens (tertiary/aromatic N) is 3. The number of aryl methyl sites for hydroxylation is 1. The molecular formula is C17H23N5OS. The zero-order valence-corrected chi connectivity index (χ0v) is 14.8. The lowest BCUT2D eigenvalue weighted by Gasteiger charge is -2.03. The molecule has 0 aliphatic carbocycles. The van der Waals surface area contributed by atoms with Crippen molar-refractivity contribution >= 4 is 40.3 Å². The van der Waals surface area contributed by atoms with Gasteiger partial charge in [-0.15, -0.1) is 10.2 Å². The van der Waals surface area contributed by atoms with E-state index in [2.05, 4.69) is 40.2 Å². The summed E-state index contributed by atoms with van der Waals surface area (Å²) in [4.78, 5) is 12.4. The molecule has 2 heterocycles. The van der Waals surface area contributed by atoms with Crippen LogP contribution in [0.25, 0.3) is 21.8 Å². The van der Waals surface area contributed by atoms with Crippen LogP contribution in [0.2, 0.25) is 0 Å². The maximum Gasteiger partial charge on any atom is 0.272 e. The Balaban J connectivity index is 1.72. The average Bonchev–Trinajstić information content (AvgIpc) is 3.20. The summed E-state index contributed by atoms with van der Waals surface area (Å²) in [6.45, 7) is 3.59. The topological polar surface area (TPSA) is 75.6 Å². The van der Waals surface area contributed by atoms with Crippen molar-refractivity contribution in [1.82, 2.24) is 25.3 Å². The highest BCUT2D eigenvalue weighted by Gasteiger charge is 2.17. The van der Waals surface area contributed by atoms with E-state index in [-0.39, 0.29) is 5.91 Å². The molecule has 0 aliphatic heterocycles. The normalized spacial score (nSPS) is 11.4. The molecule has 0 atom stereocenters. The SMILES string of the molecule is CCn1cc2c(ccc3c(C(=O)NCCCCCCS)nnc32)[nH]1. The number of rotatable bonds is 8. The van der Waals surface area contributed by atoms with Crippen LogP contribution in [-0.4, -0.2) is 38.2 Å². The summed E-state index contributed by atoms with van der Waals surface area (Å²) in [7, 11) is 0. The molecule has 0 bridgehead atoms. The van der Waals surface area contributed by atoms with Gasteiger partial charge >= 0.3 is 0 Å². The number of hydrogen-bond acceptors (Lipinski definition) is 4. The Labute approximate surface area is 146 Å². The van der Waals surface area contributed by atoms with Crippen molar-refractivity contribution in [3.8, 4) is 0 Å². The van der Waals surface area contributed by atoms with Gasteiger partial charge in [0.2, 0.25) is 0 Å². The summed E-state index contributed by atoms with van der Waals surface area (Å²) >= 11 is 4.20. The third-order valence-corrected chi connectivity index (χ3v) is 4.51. The van der Waals surface area contributed by atoms with Crippen LogP contribution in [0.5, 0.6) is 0 Å². The number of aromatic amines is 1. The van der Waals surface area contributed by atoms with Gasteiger partial charge in [-0.3, -0.25) is 14.6 Å². The molecule has 2 aromatic heterocycles. The smallest absolute Gasteiger partial charge is 0.272 e. The highest BCUT2D eigenvalue weighted by atomic mass is 32.1. The molecule has 0 radical (unpaired) electrons. The van der Waals surface area contributed by atoms with Gasteiger partial charge in [-0.25, -0.2) is 0 Å². The number of nitrogens with one attached hydrogen (secondary N) is 2. The number of H-pyrrole nitrogens is 1. The van der Waals surface area contributed by atoms with Gasteiger partial charge < -0.3 is 5.32 Å². The van der Waals surface area contributed by atoms with Crippen LogP contribution < -0.4 is 5.32 Å². The lowest BCUT2D eigenvalue weighted by Crippen LogP contribution is -2.25. The van der Waals surface area contributed by atoms with Gasteiger partial charge in [-0.05, 0) is 37.7 Å². The Morgan fingerprint density at radius 2 is 2.04 bits per heavy atom. The number of thiol groups is 1. The Morgan fingerprint density at radius 1 is 1.21 bits per heavy atom. The van der Waals surface area contributed by atoms with Crippen LogP contribution in [0.4, 0.5) is 0 Å². The minimum Gasteiger partial charge on any atom is -0.351 e. The van der Waals surface area contributed by atoms with Crippen LogP contribution >= 0.6 is 12.6 Å². The van der Waals surface area contributed by atoms with Crippen molar-refractivity contribution < 1.29 is 4.79 Å². The summed E-state index contributed by atoms with van der Waals surface area (Å²) in [5.41, 5.74) is 2.18. The highest BCUT2D eigenvalue weighted by Crippen LogP contribution is 2.25. The second-order valence-electron chi connectivity index (χ2n) is 5.89. The molecule has 3 rings (SSSR count). The number of hydrogen-bond donors (Lipinski definition) is 3. The van der Waals surface area contributed by atoms with Gasteiger partial charge in [0.15, 0.2) is 5.69 Å². The van der Waals surface area contributed by atoms with E-state index in [1.807, 2.05) is 23.0 Å². The summed E-state index contributed by atoms with van der Waals surface area (Å²) < 4.78 is 1.99. The molecule has 0 saturated carbocycles. The predicted octanol–water partition coefficient (Wildman–Crippen LogP) is 3.15. The molecule has 3 aromatic rings. The molecule has 1 amide bonds. The van der Waals surface area contributed by atoms with Crippen molar-refractivity contribution in [2.24, 2.45) is 0 Å². The summed E-state index contributed by atoms with van der Waals surface area (Å²) in [6.07, 6.45) is 6.37. The summed E-state index contributed by atoms with van der Waals surface area (Å²) in [5, 5.41) is 16.4. The predicted molar refractivity (Wildman–Crippen MR) is 99.7 cm³/mol. The molecular weight excluding hydrogens is 322 g/mol. The number of amides is 1. The van der Waals surface area contributed by atoms with E-state index >= 15 is 0 Å². The third kappa shape index (κ3) is 3.40. The maximum absolute atomic E-state index is 12.4. The fourth-order valence-corrected chi connectivity index (χ4v) is 3.07. The van der Waals surface area contributed by atoms with E-state index in [0.29, 0.717) is 12.2 Å². The summed E-state index contributed by atoms with van der Waals surface area (Å²) in [6, 6.07) is 3.89. The van der Waals surface area contributed by atoms with Gasteiger partial charge in [0, 0.05) is 30.1 Å². The quantitative estimate of drug-likeness (QED) is 0.434. The van der Waals surface area contributed by atoms with Crippen LogP contribution in [-0.2, 0) is 6.54 Å². The molecule has 0 aliphatic rings. The Hall–Kier alpha value is -2.02. The largest absolute Gasteiger partial charge is 0.351 e. The first-order valence-corrected chi connectivity index (χ1v) is 9.11. The first-order valence-electron chi connectivity index (χ1n) is 8.48. The fraction of sp³-hybridized carbons (Fsp3) is 0.471. The second kappa shape index (κ2) is 7.70. The van der Waals surface area contributed by atoms with E-state index < -0.39 is 0 Å². The zero-order valence-electron chi connectivity index (χ0n) is 13.9. The monoisotopic (exact) mass is 345 g/mol. The van der Waals surface area contributed by atoms with Crippen LogP contribution in [0, 0.1) is 0 Å². The van der Waals surface area contributed by atoms with Crippen molar-refractivity contribution in [3.05, 3.63) is 24.0 Å². The molecule has 1 aromatic carbocycles. The number of carbonyl (C=O) groups excluding carboxylic acids is 1. The molecule has 0 saturated heterocycles. The van der Waals surface area contributed by atoms with E-state index in [1.165, 1.54) is 0 Å². The standard InChI is InChI=1S/C17H23N5OS/c1-2-22-11-13-14(21-22)8-7-12-15(13)19-20-16(12)17(23)18-9-5-3-4-6-10-24/h7-8,11,21,24H,2-6,9-10H2,1H3,(H,18,23). The van der Waals surface area contributed by atoms with Gasteiger partial charge in [0.25, 0.3) is 5.91 Å². The number of benzene rings is 1. The number of carbonyl (C=O) groups is 1. The van der Waals surface area contributed by atoms with Crippen LogP contribution in [0.1, 0.15) is 43.1 Å². The van der Waals surface area contributed by atoms with Gasteiger partial charge in [0.1, 0.15) is 5.52 Å². The van der Waals surface area contributed by atoms with E-state index in [0.717, 1.165) is 59.8 Å². The molecule has 0 spiro atoms. The van der Waals surface area contributed by atoms with Gasteiger partial charge in [0.05, 0.1) is 5.52 Å². The lowest BCUT2D eigenvalue weighted by atomic mass is 10.1. The Kier molecular flexibility index (Phi) is 5.40. The molecule has 128 valence electrons. The molecule has 6 nitrogen and oxygen atoms in total. The minimum atomic E-state index is -0.148. The van der Waals surface area contributed by atoms with E-state index in [1.54, 1.807) is 0 Å². The minimum absolute atomic E-state index is 0.148. The molecule has 2 N–H and O–H groups in total. The second-order valence-corrected chi connectivity index (χ2v) is 6.34. The van der Waals surface area contributed by atoms with Gasteiger partial charge in [-0.2, -0.15) is 12.6 Å². The van der Waals surface area contributed by atoms with Crippen molar-refractivity contribution in [3.63, 3.8) is 0 Å². The molecule has 0 unspecified atom stereocenters. The highest BCUT2D eigenvalue weighted by molar-refractivity contribution is 7.80. The van der Waals surface area contributed by atoms with Crippen molar-refractivity contribution in [2.45, 2.75) is 39.2 Å². The Morgan fingerprint density at radius 3 is 2.83 bits per heavy atom. The molecule has 24 heavy (non-hydrogen) atoms. The third-order valence-electron chi connectivity index (χ3n) is 4.20. The van der Waals surface area contributed by atoms with E-state index in [9.17, 15) is 4.79 Å². The van der Waals surface area contributed by atoms with Gasteiger partial charge in [-0.1, -0.05) is 12.8 Å². The average molecular weight is 345 g/mol. The maximum atomic E-state index is 12.4. The van der Waals surface area contributed by atoms with E-state index in [4.69, 9.17) is 0 Å². The zero-order chi connectivity index (χ0) is 16.9. The fourth-order valence-electron chi connectivity index (χ4n) is 2.85. The lowest BCUT2D eigenvalue weighted by molar-refractivity contribution is 0.0949. The summed E-state index contributed by atoms with van der Waals surface area (Å²) in [5.74, 6) is 0.776. The molecule has 0 fully saturated rings. The number of aromatic nitrogens is 4. The van der Waals surface area contributed by atoms with Crippen molar-refractivity contribution in [2.75, 3.05) is 12.3 Å². The van der Waals surface area contributed by atoms with Crippen molar-refractivity contribution in [1.29, 1.82) is 0 Å². The number of fused-ring (bicyclic) bond motifs is 3. The first kappa shape index (κ1) is 16.8. The van der Waals surface area contributed by atoms with Crippen LogP contribution in [0.3, 0.4) is 0 Å². The molecule has 7 heteroatoms. The number of unbranched alkanes of at least 4 members (excludes halogenated alkanes) is 3. The first-order chi connectivity index (χ1) is 11.7. The van der Waals surface area contributed by atoms with Crippen LogP contribution in [0.15, 0.2) is 18.3 Å². The Bertz CT molecular complexity index is 838.